The molecule has 0 aliphatic carbocycles. The summed E-state index contributed by atoms with van der Waals surface area (Å²) in [6.07, 6.45) is 2.77. The lowest BCUT2D eigenvalue weighted by Crippen LogP contribution is -2.25. The molecule has 0 fully saturated rings. The zero-order valence-corrected chi connectivity index (χ0v) is 10.7. The van der Waals surface area contributed by atoms with Crippen LogP contribution in [0.25, 0.3) is 0 Å². The standard InChI is InChI=1S/C12H14FNO3S/c1-18-6-2-5-14-11(15)9-4-3-8(12(16)17)7-10(9)13/h3-4,7H,2,5-6H2,1H3,(H,14,15)(H,16,17). The van der Waals surface area contributed by atoms with Gasteiger partial charge in [0.15, 0.2) is 0 Å². The highest BCUT2D eigenvalue weighted by atomic mass is 32.2. The van der Waals surface area contributed by atoms with Crippen molar-refractivity contribution in [1.29, 1.82) is 0 Å². The maximum Gasteiger partial charge on any atom is 0.335 e. The van der Waals surface area contributed by atoms with Crippen molar-refractivity contribution in [3.8, 4) is 0 Å². The van der Waals surface area contributed by atoms with Crippen molar-refractivity contribution in [3.05, 3.63) is 35.1 Å². The third kappa shape index (κ3) is 4.03. The van der Waals surface area contributed by atoms with Crippen LogP contribution in [0.15, 0.2) is 18.2 Å². The van der Waals surface area contributed by atoms with Crippen LogP contribution in [0.5, 0.6) is 0 Å². The Morgan fingerprint density at radius 1 is 1.44 bits per heavy atom. The highest BCUT2D eigenvalue weighted by Crippen LogP contribution is 2.10. The molecule has 4 nitrogen and oxygen atoms in total. The number of benzene rings is 1. The van der Waals surface area contributed by atoms with Gasteiger partial charge in [-0.05, 0) is 36.6 Å². The summed E-state index contributed by atoms with van der Waals surface area (Å²) in [5.41, 5.74) is -0.310. The SMILES string of the molecule is CSCCCNC(=O)c1ccc(C(=O)O)cc1F. The first-order chi connectivity index (χ1) is 8.56. The van der Waals surface area contributed by atoms with Crippen molar-refractivity contribution < 1.29 is 19.1 Å². The number of aromatic carboxylic acids is 1. The first-order valence-electron chi connectivity index (χ1n) is 5.36. The highest BCUT2D eigenvalue weighted by molar-refractivity contribution is 7.98. The van der Waals surface area contributed by atoms with Crippen molar-refractivity contribution in [3.63, 3.8) is 0 Å². The molecular weight excluding hydrogens is 257 g/mol. The van der Waals surface area contributed by atoms with E-state index in [9.17, 15) is 14.0 Å². The lowest BCUT2D eigenvalue weighted by molar-refractivity contribution is 0.0695. The van der Waals surface area contributed by atoms with Crippen molar-refractivity contribution in [2.45, 2.75) is 6.42 Å². The van der Waals surface area contributed by atoms with E-state index in [1.807, 2.05) is 6.26 Å². The second-order valence-corrected chi connectivity index (χ2v) is 4.59. The molecule has 2 N–H and O–H groups in total. The summed E-state index contributed by atoms with van der Waals surface area (Å²) >= 11 is 1.67. The smallest absolute Gasteiger partial charge is 0.335 e. The lowest BCUT2D eigenvalue weighted by atomic mass is 10.1. The van der Waals surface area contributed by atoms with Crippen LogP contribution in [0.4, 0.5) is 4.39 Å². The van der Waals surface area contributed by atoms with E-state index >= 15 is 0 Å². The zero-order valence-electron chi connectivity index (χ0n) is 9.90. The van der Waals surface area contributed by atoms with Crippen molar-refractivity contribution in [2.24, 2.45) is 0 Å². The molecule has 0 heterocycles. The number of nitrogens with one attached hydrogen (secondary N) is 1. The molecule has 0 unspecified atom stereocenters. The van der Waals surface area contributed by atoms with Gasteiger partial charge in [0.2, 0.25) is 0 Å². The molecule has 0 bridgehead atoms. The van der Waals surface area contributed by atoms with Crippen molar-refractivity contribution >= 4 is 23.6 Å². The predicted octanol–water partition coefficient (Wildman–Crippen LogP) is 2.01. The van der Waals surface area contributed by atoms with E-state index in [1.165, 1.54) is 12.1 Å². The largest absolute Gasteiger partial charge is 0.478 e. The second kappa shape index (κ2) is 7.00. The van der Waals surface area contributed by atoms with Gasteiger partial charge in [-0.3, -0.25) is 4.79 Å². The van der Waals surface area contributed by atoms with Crippen molar-refractivity contribution in [1.82, 2.24) is 5.32 Å². The summed E-state index contributed by atoms with van der Waals surface area (Å²) < 4.78 is 13.5. The van der Waals surface area contributed by atoms with Crippen LogP contribution in [0.2, 0.25) is 0 Å². The van der Waals surface area contributed by atoms with E-state index in [4.69, 9.17) is 5.11 Å². The molecule has 0 aliphatic rings. The topological polar surface area (TPSA) is 66.4 Å². The quantitative estimate of drug-likeness (QED) is 0.777. The molecule has 0 aromatic heterocycles. The Morgan fingerprint density at radius 3 is 2.72 bits per heavy atom. The minimum Gasteiger partial charge on any atom is -0.478 e. The number of carboxylic acids is 1. The van der Waals surface area contributed by atoms with E-state index in [0.29, 0.717) is 6.54 Å². The minimum atomic E-state index is -1.22. The molecule has 1 amide bonds. The molecule has 0 radical (unpaired) electrons. The van der Waals surface area contributed by atoms with Crippen molar-refractivity contribution in [2.75, 3.05) is 18.6 Å². The van der Waals surface area contributed by atoms with Gasteiger partial charge in [0.1, 0.15) is 5.82 Å². The van der Waals surface area contributed by atoms with Gasteiger partial charge in [0.25, 0.3) is 5.91 Å². The third-order valence-electron chi connectivity index (χ3n) is 2.27. The van der Waals surface area contributed by atoms with Gasteiger partial charge in [0, 0.05) is 6.54 Å². The fourth-order valence-electron chi connectivity index (χ4n) is 1.35. The third-order valence-corrected chi connectivity index (χ3v) is 2.97. The fourth-order valence-corrected chi connectivity index (χ4v) is 1.78. The van der Waals surface area contributed by atoms with E-state index in [2.05, 4.69) is 5.32 Å². The first-order valence-corrected chi connectivity index (χ1v) is 6.75. The molecule has 1 rings (SSSR count). The zero-order chi connectivity index (χ0) is 13.5. The number of rotatable bonds is 6. The first kappa shape index (κ1) is 14.5. The molecule has 1 aromatic carbocycles. The van der Waals surface area contributed by atoms with Crippen LogP contribution >= 0.6 is 11.8 Å². The molecule has 1 aromatic rings. The molecule has 0 atom stereocenters. The van der Waals surface area contributed by atoms with Crippen LogP contribution in [0.3, 0.4) is 0 Å². The maximum absolute atomic E-state index is 13.5. The normalized spacial score (nSPS) is 10.1. The van der Waals surface area contributed by atoms with Crippen LogP contribution < -0.4 is 5.32 Å². The van der Waals surface area contributed by atoms with Gasteiger partial charge in [-0.1, -0.05) is 0 Å². The number of carboxylic acid groups (broad SMARTS) is 1. The van der Waals surface area contributed by atoms with Gasteiger partial charge < -0.3 is 10.4 Å². The molecule has 18 heavy (non-hydrogen) atoms. The number of thioether (sulfide) groups is 1. The lowest BCUT2D eigenvalue weighted by Gasteiger charge is -2.06. The van der Waals surface area contributed by atoms with Gasteiger partial charge in [-0.15, -0.1) is 0 Å². The van der Waals surface area contributed by atoms with Crippen LogP contribution in [0, 0.1) is 5.82 Å². The molecular formula is C12H14FNO3S. The number of hydrogen-bond donors (Lipinski definition) is 2. The van der Waals surface area contributed by atoms with Gasteiger partial charge >= 0.3 is 5.97 Å². The molecule has 98 valence electrons. The highest BCUT2D eigenvalue weighted by Gasteiger charge is 2.13. The monoisotopic (exact) mass is 271 g/mol. The summed E-state index contributed by atoms with van der Waals surface area (Å²) in [6, 6.07) is 3.24. The van der Waals surface area contributed by atoms with E-state index < -0.39 is 17.7 Å². The van der Waals surface area contributed by atoms with Crippen LogP contribution in [0.1, 0.15) is 27.1 Å². The van der Waals surface area contributed by atoms with E-state index in [1.54, 1.807) is 11.8 Å². The Morgan fingerprint density at radius 2 is 2.17 bits per heavy atom. The Labute approximate surface area is 109 Å². The maximum atomic E-state index is 13.5. The Balaban J connectivity index is 2.66. The van der Waals surface area contributed by atoms with Gasteiger partial charge in [-0.25, -0.2) is 9.18 Å². The summed E-state index contributed by atoms with van der Waals surface area (Å²) in [6.45, 7) is 0.472. The number of amides is 1. The molecule has 0 spiro atoms. The summed E-state index contributed by atoms with van der Waals surface area (Å²) in [4.78, 5) is 22.2. The van der Waals surface area contributed by atoms with E-state index in [-0.39, 0.29) is 11.1 Å². The molecule has 0 saturated carbocycles. The Kier molecular flexibility index (Phi) is 5.64. The minimum absolute atomic E-state index is 0.135. The fraction of sp³-hybridized carbons (Fsp3) is 0.333. The molecule has 6 heteroatoms. The Hall–Kier alpha value is -1.56. The van der Waals surface area contributed by atoms with E-state index in [0.717, 1.165) is 18.2 Å². The summed E-state index contributed by atoms with van der Waals surface area (Å²) in [5, 5.41) is 11.3. The average Bonchev–Trinajstić information content (AvgIpc) is 2.34. The predicted molar refractivity (Wildman–Crippen MR) is 68.7 cm³/mol. The number of halogens is 1. The summed E-state index contributed by atoms with van der Waals surface area (Å²) in [7, 11) is 0. The van der Waals surface area contributed by atoms with Crippen LogP contribution in [-0.4, -0.2) is 35.5 Å². The van der Waals surface area contributed by atoms with Crippen LogP contribution in [-0.2, 0) is 0 Å². The average molecular weight is 271 g/mol. The molecule has 0 aliphatic heterocycles. The summed E-state index contributed by atoms with van der Waals surface area (Å²) in [5.74, 6) is -1.65. The molecule has 0 saturated heterocycles. The number of hydrogen-bond acceptors (Lipinski definition) is 3. The van der Waals surface area contributed by atoms with Gasteiger partial charge in [0.05, 0.1) is 11.1 Å². The number of carbonyl (C=O) groups is 2. The number of carbonyl (C=O) groups excluding carboxylic acids is 1. The van der Waals surface area contributed by atoms with Gasteiger partial charge in [-0.2, -0.15) is 11.8 Å². The Bertz CT molecular complexity index is 451. The second-order valence-electron chi connectivity index (χ2n) is 3.60.